The van der Waals surface area contributed by atoms with Crippen LogP contribution in [0.15, 0.2) is 24.5 Å². The normalized spacial score (nSPS) is 10.5. The molecule has 0 aliphatic carbocycles. The van der Waals surface area contributed by atoms with Gasteiger partial charge in [-0.25, -0.2) is 4.98 Å². The van der Waals surface area contributed by atoms with Gasteiger partial charge in [-0.3, -0.25) is 0 Å². The van der Waals surface area contributed by atoms with E-state index in [0.717, 1.165) is 22.9 Å². The number of pyridine rings is 1. The van der Waals surface area contributed by atoms with Gasteiger partial charge in [0, 0.05) is 31.2 Å². The number of nitrogens with zero attached hydrogens (tertiary/aromatic N) is 2. The lowest BCUT2D eigenvalue weighted by Gasteiger charge is -1.91. The highest BCUT2D eigenvalue weighted by Gasteiger charge is 2.05. The Hall–Kier alpha value is -1.64. The first-order valence-corrected chi connectivity index (χ1v) is 4.15. The number of aryl methyl sites for hydroxylation is 1. The lowest BCUT2D eigenvalue weighted by Crippen LogP contribution is -1.85. The molecule has 0 saturated heterocycles. The van der Waals surface area contributed by atoms with Crippen LogP contribution in [-0.4, -0.2) is 15.8 Å². The number of carbonyl (C=O) groups is 1. The number of hydrogen-bond donors (Lipinski definition) is 0. The zero-order valence-electron chi connectivity index (χ0n) is 7.40. The molecule has 66 valence electrons. The Labute approximate surface area is 76.0 Å². The Morgan fingerprint density at radius 2 is 2.46 bits per heavy atom. The minimum absolute atomic E-state index is 0.461. The molecule has 0 saturated carbocycles. The van der Waals surface area contributed by atoms with Crippen LogP contribution in [0.2, 0.25) is 0 Å². The maximum atomic E-state index is 10.4. The summed E-state index contributed by atoms with van der Waals surface area (Å²) >= 11 is 0. The SMILES string of the molecule is Cn1cc(CC=O)c2cccnc21. The molecular formula is C10H10N2O. The summed E-state index contributed by atoms with van der Waals surface area (Å²) in [6.45, 7) is 0. The summed E-state index contributed by atoms with van der Waals surface area (Å²) in [7, 11) is 1.93. The molecule has 2 heterocycles. The van der Waals surface area contributed by atoms with Gasteiger partial charge < -0.3 is 9.36 Å². The second-order valence-electron chi connectivity index (χ2n) is 3.01. The van der Waals surface area contributed by atoms with Gasteiger partial charge in [-0.2, -0.15) is 0 Å². The van der Waals surface area contributed by atoms with E-state index < -0.39 is 0 Å². The van der Waals surface area contributed by atoms with E-state index in [1.807, 2.05) is 29.9 Å². The Morgan fingerprint density at radius 3 is 3.23 bits per heavy atom. The van der Waals surface area contributed by atoms with Crippen LogP contribution in [0, 0.1) is 0 Å². The van der Waals surface area contributed by atoms with Crippen molar-refractivity contribution in [2.24, 2.45) is 7.05 Å². The van der Waals surface area contributed by atoms with Crippen LogP contribution < -0.4 is 0 Å². The van der Waals surface area contributed by atoms with Gasteiger partial charge in [-0.1, -0.05) is 0 Å². The predicted octanol–water partition coefficient (Wildman–Crippen LogP) is 1.31. The van der Waals surface area contributed by atoms with E-state index in [0.29, 0.717) is 6.42 Å². The molecule has 0 unspecified atom stereocenters. The molecule has 0 fully saturated rings. The van der Waals surface area contributed by atoms with Crippen LogP contribution in [-0.2, 0) is 18.3 Å². The molecule has 0 amide bonds. The predicted molar refractivity (Wildman–Crippen MR) is 50.5 cm³/mol. The molecule has 3 nitrogen and oxygen atoms in total. The third-order valence-electron chi connectivity index (χ3n) is 2.12. The smallest absolute Gasteiger partial charge is 0.139 e. The molecule has 0 aliphatic heterocycles. The Kier molecular flexibility index (Phi) is 1.85. The van der Waals surface area contributed by atoms with Crippen molar-refractivity contribution in [3.05, 3.63) is 30.1 Å². The average molecular weight is 174 g/mol. The Bertz CT molecular complexity index is 445. The van der Waals surface area contributed by atoms with Crippen LogP contribution in [0.4, 0.5) is 0 Å². The number of aromatic nitrogens is 2. The standard InChI is InChI=1S/C10H10N2O/c1-12-7-8(4-6-13)9-3-2-5-11-10(9)12/h2-3,5-7H,4H2,1H3. The molecule has 2 aromatic heterocycles. The monoisotopic (exact) mass is 174 g/mol. The molecule has 0 aromatic carbocycles. The van der Waals surface area contributed by atoms with Crippen LogP contribution in [0.5, 0.6) is 0 Å². The molecule has 2 aromatic rings. The van der Waals surface area contributed by atoms with Crippen molar-refractivity contribution in [3.63, 3.8) is 0 Å². The molecule has 2 rings (SSSR count). The van der Waals surface area contributed by atoms with Crippen LogP contribution in [0.3, 0.4) is 0 Å². The number of rotatable bonds is 2. The van der Waals surface area contributed by atoms with Crippen molar-refractivity contribution in [1.29, 1.82) is 0 Å². The fourth-order valence-electron chi connectivity index (χ4n) is 1.55. The fraction of sp³-hybridized carbons (Fsp3) is 0.200. The van der Waals surface area contributed by atoms with Gasteiger partial charge in [0.2, 0.25) is 0 Å². The summed E-state index contributed by atoms with van der Waals surface area (Å²) in [5.74, 6) is 0. The minimum Gasteiger partial charge on any atom is -0.335 e. The van der Waals surface area contributed by atoms with E-state index in [1.54, 1.807) is 6.20 Å². The van der Waals surface area contributed by atoms with Gasteiger partial charge >= 0.3 is 0 Å². The van der Waals surface area contributed by atoms with E-state index >= 15 is 0 Å². The van der Waals surface area contributed by atoms with Crippen molar-refractivity contribution < 1.29 is 4.79 Å². The van der Waals surface area contributed by atoms with E-state index in [4.69, 9.17) is 0 Å². The third-order valence-corrected chi connectivity index (χ3v) is 2.12. The minimum atomic E-state index is 0.461. The van der Waals surface area contributed by atoms with Crippen molar-refractivity contribution in [1.82, 2.24) is 9.55 Å². The van der Waals surface area contributed by atoms with E-state index in [9.17, 15) is 4.79 Å². The van der Waals surface area contributed by atoms with Crippen LogP contribution >= 0.6 is 0 Å². The van der Waals surface area contributed by atoms with E-state index in [1.165, 1.54) is 0 Å². The molecular weight excluding hydrogens is 164 g/mol. The summed E-state index contributed by atoms with van der Waals surface area (Å²) in [5.41, 5.74) is 1.97. The lowest BCUT2D eigenvalue weighted by molar-refractivity contribution is -0.107. The Morgan fingerprint density at radius 1 is 1.62 bits per heavy atom. The Balaban J connectivity index is 2.70. The number of aldehydes is 1. The summed E-state index contributed by atoms with van der Waals surface area (Å²) in [5, 5.41) is 1.07. The first-order chi connectivity index (χ1) is 6.33. The van der Waals surface area contributed by atoms with Crippen LogP contribution in [0.25, 0.3) is 11.0 Å². The van der Waals surface area contributed by atoms with Crippen molar-refractivity contribution in [3.8, 4) is 0 Å². The summed E-state index contributed by atoms with van der Waals surface area (Å²) in [6, 6.07) is 3.87. The summed E-state index contributed by atoms with van der Waals surface area (Å²) in [4.78, 5) is 14.6. The quantitative estimate of drug-likeness (QED) is 0.643. The van der Waals surface area contributed by atoms with Crippen LogP contribution in [0.1, 0.15) is 5.56 Å². The van der Waals surface area contributed by atoms with Gasteiger partial charge in [0.05, 0.1) is 0 Å². The number of hydrogen-bond acceptors (Lipinski definition) is 2. The molecule has 0 bridgehead atoms. The second kappa shape index (κ2) is 3.01. The molecule has 0 spiro atoms. The molecule has 13 heavy (non-hydrogen) atoms. The zero-order valence-corrected chi connectivity index (χ0v) is 7.40. The third kappa shape index (κ3) is 1.22. The molecule has 0 N–H and O–H groups in total. The van der Waals surface area contributed by atoms with Crippen molar-refractivity contribution in [2.45, 2.75) is 6.42 Å². The summed E-state index contributed by atoms with van der Waals surface area (Å²) in [6.07, 6.45) is 5.09. The van der Waals surface area contributed by atoms with Crippen molar-refractivity contribution >= 4 is 17.3 Å². The van der Waals surface area contributed by atoms with Gasteiger partial charge in [0.15, 0.2) is 0 Å². The zero-order chi connectivity index (χ0) is 9.26. The summed E-state index contributed by atoms with van der Waals surface area (Å²) < 4.78 is 1.94. The highest BCUT2D eigenvalue weighted by Crippen LogP contribution is 2.17. The van der Waals surface area contributed by atoms with Gasteiger partial charge in [-0.05, 0) is 17.7 Å². The molecule has 0 atom stereocenters. The number of carbonyl (C=O) groups excluding carboxylic acids is 1. The maximum Gasteiger partial charge on any atom is 0.139 e. The van der Waals surface area contributed by atoms with Gasteiger partial charge in [0.25, 0.3) is 0 Å². The van der Waals surface area contributed by atoms with Crippen molar-refractivity contribution in [2.75, 3.05) is 0 Å². The highest BCUT2D eigenvalue weighted by molar-refractivity contribution is 5.82. The van der Waals surface area contributed by atoms with Gasteiger partial charge in [0.1, 0.15) is 11.9 Å². The first kappa shape index (κ1) is 7.98. The second-order valence-corrected chi connectivity index (χ2v) is 3.01. The highest BCUT2D eigenvalue weighted by atomic mass is 16.1. The van der Waals surface area contributed by atoms with E-state index in [2.05, 4.69) is 4.98 Å². The topological polar surface area (TPSA) is 34.9 Å². The molecule has 0 radical (unpaired) electrons. The lowest BCUT2D eigenvalue weighted by atomic mass is 10.2. The first-order valence-electron chi connectivity index (χ1n) is 4.15. The fourth-order valence-corrected chi connectivity index (χ4v) is 1.55. The number of fused-ring (bicyclic) bond motifs is 1. The molecule has 0 aliphatic rings. The maximum absolute atomic E-state index is 10.4. The van der Waals surface area contributed by atoms with E-state index in [-0.39, 0.29) is 0 Å². The molecule has 3 heteroatoms. The largest absolute Gasteiger partial charge is 0.335 e. The van der Waals surface area contributed by atoms with Gasteiger partial charge in [-0.15, -0.1) is 0 Å². The average Bonchev–Trinajstić information content (AvgIpc) is 2.46.